The lowest BCUT2D eigenvalue weighted by Crippen LogP contribution is -2.10. The van der Waals surface area contributed by atoms with E-state index in [-0.39, 0.29) is 5.78 Å². The van der Waals surface area contributed by atoms with Crippen LogP contribution in [0.2, 0.25) is 0 Å². The van der Waals surface area contributed by atoms with Crippen molar-refractivity contribution in [3.8, 4) is 5.75 Å². The van der Waals surface area contributed by atoms with Crippen molar-refractivity contribution in [3.05, 3.63) is 54.1 Å². The molecule has 0 bridgehead atoms. The van der Waals surface area contributed by atoms with Crippen LogP contribution in [0.1, 0.15) is 10.4 Å². The molecule has 0 aromatic heterocycles. The molecule has 6 heteroatoms. The fourth-order valence-electron chi connectivity index (χ4n) is 1.81. The minimum atomic E-state index is -0.514. The number of thioether (sulfide) groups is 1. The Morgan fingerprint density at radius 1 is 1.00 bits per heavy atom. The van der Waals surface area contributed by atoms with Crippen molar-refractivity contribution in [2.24, 2.45) is 0 Å². The van der Waals surface area contributed by atoms with Crippen LogP contribution in [0.15, 0.2) is 53.4 Å². The van der Waals surface area contributed by atoms with Gasteiger partial charge in [0.15, 0.2) is 5.78 Å². The van der Waals surface area contributed by atoms with Gasteiger partial charge in [-0.15, -0.1) is 11.8 Å². The van der Waals surface area contributed by atoms with Crippen molar-refractivity contribution in [2.75, 3.05) is 25.3 Å². The molecule has 0 saturated carbocycles. The van der Waals surface area contributed by atoms with E-state index >= 15 is 0 Å². The van der Waals surface area contributed by atoms with Crippen molar-refractivity contribution in [2.45, 2.75) is 4.90 Å². The van der Waals surface area contributed by atoms with Crippen LogP contribution < -0.4 is 10.1 Å². The molecule has 5 nitrogen and oxygen atoms in total. The molecule has 2 aromatic carbocycles. The van der Waals surface area contributed by atoms with Gasteiger partial charge in [0, 0.05) is 16.1 Å². The molecule has 0 spiro atoms. The number of anilines is 1. The molecule has 1 amide bonds. The molecule has 120 valence electrons. The first-order valence-electron chi connectivity index (χ1n) is 6.87. The maximum Gasteiger partial charge on any atom is 0.411 e. The fourth-order valence-corrected chi connectivity index (χ4v) is 2.61. The summed E-state index contributed by atoms with van der Waals surface area (Å²) in [5.74, 6) is 1.12. The van der Waals surface area contributed by atoms with Gasteiger partial charge in [0.05, 0.1) is 20.0 Å². The second-order valence-electron chi connectivity index (χ2n) is 4.58. The molecule has 2 aromatic rings. The zero-order valence-corrected chi connectivity index (χ0v) is 13.7. The molecular formula is C17H17NO4S. The number of ether oxygens (including phenoxy) is 2. The molecule has 0 aliphatic heterocycles. The van der Waals surface area contributed by atoms with Gasteiger partial charge in [-0.3, -0.25) is 10.1 Å². The molecule has 23 heavy (non-hydrogen) atoms. The van der Waals surface area contributed by atoms with Crippen LogP contribution >= 0.6 is 11.8 Å². The molecule has 0 radical (unpaired) electrons. The molecule has 0 saturated heterocycles. The second kappa shape index (κ2) is 8.24. The number of nitrogens with one attached hydrogen (secondary N) is 1. The summed E-state index contributed by atoms with van der Waals surface area (Å²) >= 11 is 1.44. The van der Waals surface area contributed by atoms with Gasteiger partial charge in [0.25, 0.3) is 0 Å². The molecule has 0 heterocycles. The summed E-state index contributed by atoms with van der Waals surface area (Å²) in [4.78, 5) is 24.2. The van der Waals surface area contributed by atoms with Crippen LogP contribution in [0.3, 0.4) is 0 Å². The topological polar surface area (TPSA) is 64.6 Å². The van der Waals surface area contributed by atoms with E-state index in [0.717, 1.165) is 10.6 Å². The summed E-state index contributed by atoms with van der Waals surface area (Å²) in [6.45, 7) is 0. The van der Waals surface area contributed by atoms with Crippen LogP contribution in [0.5, 0.6) is 5.75 Å². The van der Waals surface area contributed by atoms with Crippen LogP contribution in [-0.2, 0) is 4.74 Å². The number of rotatable bonds is 6. The van der Waals surface area contributed by atoms with E-state index in [2.05, 4.69) is 10.1 Å². The monoisotopic (exact) mass is 331 g/mol. The Bertz CT molecular complexity index is 668. The number of benzene rings is 2. The third kappa shape index (κ3) is 5.03. The third-order valence-corrected chi connectivity index (χ3v) is 4.08. The summed E-state index contributed by atoms with van der Waals surface area (Å²) in [6, 6.07) is 14.3. The largest absolute Gasteiger partial charge is 0.497 e. The average molecular weight is 331 g/mol. The predicted molar refractivity (Wildman–Crippen MR) is 90.5 cm³/mol. The first-order valence-corrected chi connectivity index (χ1v) is 7.86. The number of Topliss-reactive ketones (excluding diaryl/α,β-unsaturated/α-hetero) is 1. The number of carbonyl (C=O) groups is 2. The van der Waals surface area contributed by atoms with E-state index in [1.54, 1.807) is 43.5 Å². The van der Waals surface area contributed by atoms with Crippen LogP contribution in [-0.4, -0.2) is 31.8 Å². The minimum Gasteiger partial charge on any atom is -0.497 e. The Balaban J connectivity index is 1.89. The predicted octanol–water partition coefficient (Wildman–Crippen LogP) is 3.85. The third-order valence-electron chi connectivity index (χ3n) is 3.07. The zero-order valence-electron chi connectivity index (χ0n) is 12.9. The average Bonchev–Trinajstić information content (AvgIpc) is 2.60. The lowest BCUT2D eigenvalue weighted by Gasteiger charge is -2.06. The summed E-state index contributed by atoms with van der Waals surface area (Å²) in [6.07, 6.45) is -0.514. The van der Waals surface area contributed by atoms with Crippen molar-refractivity contribution < 1.29 is 19.1 Å². The van der Waals surface area contributed by atoms with Crippen molar-refractivity contribution in [1.29, 1.82) is 0 Å². The van der Waals surface area contributed by atoms with Gasteiger partial charge in [-0.1, -0.05) is 0 Å². The van der Waals surface area contributed by atoms with Gasteiger partial charge in [-0.2, -0.15) is 0 Å². The first-order chi connectivity index (χ1) is 11.1. The Morgan fingerprint density at radius 3 is 2.22 bits per heavy atom. The first kappa shape index (κ1) is 16.9. The standard InChI is InChI=1S/C17H17NO4S/c1-21-14-7-3-12(4-8-14)16(19)11-23-15-9-5-13(6-10-15)18-17(20)22-2/h3-10H,11H2,1-2H3,(H,18,20). The minimum absolute atomic E-state index is 0.0504. The normalized spacial score (nSPS) is 10.0. The molecule has 0 atom stereocenters. The van der Waals surface area contributed by atoms with Crippen LogP contribution in [0.4, 0.5) is 10.5 Å². The van der Waals surface area contributed by atoms with E-state index in [9.17, 15) is 9.59 Å². The van der Waals surface area contributed by atoms with Crippen molar-refractivity contribution in [3.63, 3.8) is 0 Å². The molecule has 2 rings (SSSR count). The highest BCUT2D eigenvalue weighted by Crippen LogP contribution is 2.22. The van der Waals surface area contributed by atoms with E-state index in [0.29, 0.717) is 17.0 Å². The highest BCUT2D eigenvalue weighted by atomic mass is 32.2. The van der Waals surface area contributed by atoms with E-state index in [4.69, 9.17) is 4.74 Å². The van der Waals surface area contributed by atoms with Crippen molar-refractivity contribution in [1.82, 2.24) is 0 Å². The molecular weight excluding hydrogens is 314 g/mol. The molecule has 0 aliphatic carbocycles. The summed E-state index contributed by atoms with van der Waals surface area (Å²) in [5, 5.41) is 2.57. The van der Waals surface area contributed by atoms with Gasteiger partial charge in [-0.25, -0.2) is 4.79 Å². The number of carbonyl (C=O) groups excluding carboxylic acids is 2. The quantitative estimate of drug-likeness (QED) is 0.643. The zero-order chi connectivity index (χ0) is 16.7. The Labute approximate surface area is 139 Å². The number of hydrogen-bond donors (Lipinski definition) is 1. The number of methoxy groups -OCH3 is 2. The smallest absolute Gasteiger partial charge is 0.411 e. The maximum absolute atomic E-state index is 12.1. The fraction of sp³-hybridized carbons (Fsp3) is 0.176. The summed E-state index contributed by atoms with van der Waals surface area (Å²) < 4.78 is 9.59. The Hall–Kier alpha value is -2.47. The number of ketones is 1. The lowest BCUT2D eigenvalue weighted by molar-refractivity contribution is 0.102. The summed E-state index contributed by atoms with van der Waals surface area (Å²) in [7, 11) is 2.90. The van der Waals surface area contributed by atoms with Gasteiger partial charge in [0.1, 0.15) is 5.75 Å². The van der Waals surface area contributed by atoms with E-state index in [1.165, 1.54) is 18.9 Å². The van der Waals surface area contributed by atoms with Gasteiger partial charge >= 0.3 is 6.09 Å². The highest BCUT2D eigenvalue weighted by Gasteiger charge is 2.07. The summed E-state index contributed by atoms with van der Waals surface area (Å²) in [5.41, 5.74) is 1.30. The van der Waals surface area contributed by atoms with E-state index < -0.39 is 6.09 Å². The van der Waals surface area contributed by atoms with Gasteiger partial charge in [0.2, 0.25) is 0 Å². The number of amides is 1. The molecule has 0 fully saturated rings. The van der Waals surface area contributed by atoms with Gasteiger partial charge in [-0.05, 0) is 48.5 Å². The second-order valence-corrected chi connectivity index (χ2v) is 5.63. The lowest BCUT2D eigenvalue weighted by atomic mass is 10.1. The Kier molecular flexibility index (Phi) is 6.05. The van der Waals surface area contributed by atoms with Crippen LogP contribution in [0.25, 0.3) is 0 Å². The maximum atomic E-state index is 12.1. The van der Waals surface area contributed by atoms with Crippen LogP contribution in [0, 0.1) is 0 Å². The van der Waals surface area contributed by atoms with Gasteiger partial charge < -0.3 is 9.47 Å². The molecule has 1 N–H and O–H groups in total. The Morgan fingerprint density at radius 2 is 1.65 bits per heavy atom. The van der Waals surface area contributed by atoms with Crippen molar-refractivity contribution >= 4 is 29.3 Å². The SMILES string of the molecule is COC(=O)Nc1ccc(SCC(=O)c2ccc(OC)cc2)cc1. The molecule has 0 aliphatic rings. The molecule has 0 unspecified atom stereocenters. The highest BCUT2D eigenvalue weighted by molar-refractivity contribution is 8.00. The number of hydrogen-bond acceptors (Lipinski definition) is 5. The van der Waals surface area contributed by atoms with E-state index in [1.807, 2.05) is 12.1 Å².